The Hall–Kier alpha value is -0.560. The monoisotopic (exact) mass is 309 g/mol. The van der Waals surface area contributed by atoms with E-state index in [-0.39, 0.29) is 37.2 Å². The first-order valence-corrected chi connectivity index (χ1v) is 5.28. The van der Waals surface area contributed by atoms with Crippen molar-refractivity contribution in [1.29, 1.82) is 0 Å². The van der Waals surface area contributed by atoms with Gasteiger partial charge in [0.15, 0.2) is 0 Å². The summed E-state index contributed by atoms with van der Waals surface area (Å²) < 4.78 is 0. The first-order valence-electron chi connectivity index (χ1n) is 5.28. The first kappa shape index (κ1) is 21.7. The summed E-state index contributed by atoms with van der Waals surface area (Å²) in [6.45, 7) is 4.32. The standard InChI is InChI=1S/2C7H9.2CH3.Nb/c2*1-2-7-5-3-4-6-7;;;/h2*3-6H,2H2,1H3;2*1H3;/q4*-1;. The van der Waals surface area contributed by atoms with Gasteiger partial charge in [-0.05, 0) is 0 Å². The van der Waals surface area contributed by atoms with E-state index in [1.807, 2.05) is 0 Å². The van der Waals surface area contributed by atoms with Crippen molar-refractivity contribution in [1.82, 2.24) is 0 Å². The van der Waals surface area contributed by atoms with Crippen LogP contribution in [0.5, 0.6) is 0 Å². The Morgan fingerprint density at radius 1 is 0.647 bits per heavy atom. The van der Waals surface area contributed by atoms with Gasteiger partial charge in [-0.25, -0.2) is 24.3 Å². The third-order valence-electron chi connectivity index (χ3n) is 2.28. The van der Waals surface area contributed by atoms with Crippen molar-refractivity contribution in [2.75, 3.05) is 0 Å². The maximum absolute atomic E-state index is 2.16. The zero-order valence-corrected chi connectivity index (χ0v) is 13.7. The van der Waals surface area contributed by atoms with Crippen LogP contribution in [0.1, 0.15) is 25.0 Å². The number of hydrogen-bond acceptors (Lipinski definition) is 0. The van der Waals surface area contributed by atoms with Crippen LogP contribution in [0.25, 0.3) is 0 Å². The van der Waals surface area contributed by atoms with Crippen molar-refractivity contribution in [3.05, 3.63) is 74.5 Å². The SMILES string of the molecule is CC[c-]1cccc1.CC[c-]1cccc1.[CH3-].[CH3-].[Nb]. The summed E-state index contributed by atoms with van der Waals surface area (Å²) in [7, 11) is 0. The largest absolute Gasteiger partial charge is 0.358 e. The molecule has 0 fully saturated rings. The van der Waals surface area contributed by atoms with E-state index in [0.29, 0.717) is 0 Å². The molecular weight excluding hydrogens is 285 g/mol. The van der Waals surface area contributed by atoms with Crippen LogP contribution < -0.4 is 0 Å². The topological polar surface area (TPSA) is 0 Å². The van der Waals surface area contributed by atoms with Gasteiger partial charge >= 0.3 is 0 Å². The van der Waals surface area contributed by atoms with Gasteiger partial charge in [0, 0.05) is 22.4 Å². The van der Waals surface area contributed by atoms with Crippen molar-refractivity contribution in [3.8, 4) is 0 Å². The Balaban J connectivity index is -0.000000196. The average Bonchev–Trinajstić information content (AvgIpc) is 2.92. The fourth-order valence-electron chi connectivity index (χ4n) is 1.30. The fraction of sp³-hybridized carbons (Fsp3) is 0.250. The summed E-state index contributed by atoms with van der Waals surface area (Å²) in [5, 5.41) is 0. The number of aryl methyl sites for hydroxylation is 2. The Kier molecular flexibility index (Phi) is 17.2. The zero-order chi connectivity index (χ0) is 10.2. The minimum atomic E-state index is 0. The Morgan fingerprint density at radius 2 is 0.882 bits per heavy atom. The van der Waals surface area contributed by atoms with Crippen molar-refractivity contribution in [2.24, 2.45) is 0 Å². The maximum atomic E-state index is 2.16. The minimum absolute atomic E-state index is 0. The number of hydrogen-bond donors (Lipinski definition) is 0. The van der Waals surface area contributed by atoms with Crippen LogP contribution in [0, 0.1) is 14.9 Å². The third kappa shape index (κ3) is 9.17. The normalized spacial score (nSPS) is 7.65. The van der Waals surface area contributed by atoms with Crippen molar-refractivity contribution in [3.63, 3.8) is 0 Å². The molecule has 0 saturated carbocycles. The second kappa shape index (κ2) is 13.5. The van der Waals surface area contributed by atoms with Crippen LogP contribution in [-0.4, -0.2) is 0 Å². The molecule has 0 aliphatic heterocycles. The second-order valence-corrected chi connectivity index (χ2v) is 3.29. The van der Waals surface area contributed by atoms with E-state index in [9.17, 15) is 0 Å². The van der Waals surface area contributed by atoms with Gasteiger partial charge in [-0.3, -0.25) is 0 Å². The second-order valence-electron chi connectivity index (χ2n) is 3.29. The van der Waals surface area contributed by atoms with Crippen molar-refractivity contribution >= 4 is 0 Å². The Bertz CT molecular complexity index is 269. The molecule has 0 amide bonds. The quantitative estimate of drug-likeness (QED) is 0.550. The molecule has 0 saturated heterocycles. The zero-order valence-electron chi connectivity index (χ0n) is 11.5. The predicted molar refractivity (Wildman–Crippen MR) is 75.7 cm³/mol. The number of rotatable bonds is 2. The molecule has 0 nitrogen and oxygen atoms in total. The fourth-order valence-corrected chi connectivity index (χ4v) is 1.30. The Morgan fingerprint density at radius 3 is 1.00 bits per heavy atom. The molecule has 2 aromatic rings. The van der Waals surface area contributed by atoms with Crippen molar-refractivity contribution < 1.29 is 22.4 Å². The van der Waals surface area contributed by atoms with Gasteiger partial charge in [0.1, 0.15) is 0 Å². The molecule has 0 aromatic heterocycles. The molecule has 17 heavy (non-hydrogen) atoms. The molecule has 0 N–H and O–H groups in total. The van der Waals surface area contributed by atoms with E-state index in [4.69, 9.17) is 0 Å². The molecule has 0 aliphatic rings. The summed E-state index contributed by atoms with van der Waals surface area (Å²) >= 11 is 0. The van der Waals surface area contributed by atoms with Gasteiger partial charge in [0.2, 0.25) is 0 Å². The van der Waals surface area contributed by atoms with Gasteiger partial charge in [0.25, 0.3) is 0 Å². The van der Waals surface area contributed by atoms with Crippen LogP contribution in [0.3, 0.4) is 0 Å². The van der Waals surface area contributed by atoms with E-state index in [0.717, 1.165) is 12.8 Å². The molecule has 0 bridgehead atoms. The summed E-state index contributed by atoms with van der Waals surface area (Å²) in [6, 6.07) is 16.8. The molecule has 1 radical (unpaired) electrons. The first-order chi connectivity index (χ1) is 6.86. The van der Waals surface area contributed by atoms with E-state index >= 15 is 0 Å². The molecule has 97 valence electrons. The summed E-state index contributed by atoms with van der Waals surface area (Å²) in [5.41, 5.74) is 2.86. The van der Waals surface area contributed by atoms with E-state index in [1.54, 1.807) is 0 Å². The molecule has 0 heterocycles. The molecule has 0 unspecified atom stereocenters. The average molecular weight is 309 g/mol. The third-order valence-corrected chi connectivity index (χ3v) is 2.28. The summed E-state index contributed by atoms with van der Waals surface area (Å²) in [6.07, 6.45) is 2.32. The smallest absolute Gasteiger partial charge is 0 e. The predicted octanol–water partition coefficient (Wildman–Crippen LogP) is 4.83. The van der Waals surface area contributed by atoms with E-state index < -0.39 is 0 Å². The van der Waals surface area contributed by atoms with E-state index in [2.05, 4.69) is 62.4 Å². The maximum Gasteiger partial charge on any atom is 0 e. The van der Waals surface area contributed by atoms with Gasteiger partial charge in [-0.15, -0.1) is 0 Å². The molecule has 0 spiro atoms. The van der Waals surface area contributed by atoms with Crippen LogP contribution in [0.4, 0.5) is 0 Å². The molecule has 0 aliphatic carbocycles. The van der Waals surface area contributed by atoms with Crippen LogP contribution in [0.15, 0.2) is 48.5 Å². The summed E-state index contributed by atoms with van der Waals surface area (Å²) in [4.78, 5) is 0. The molecule has 0 atom stereocenters. The minimum Gasteiger partial charge on any atom is -0.358 e. The summed E-state index contributed by atoms with van der Waals surface area (Å²) in [5.74, 6) is 0. The van der Waals surface area contributed by atoms with Crippen LogP contribution in [0.2, 0.25) is 0 Å². The van der Waals surface area contributed by atoms with Gasteiger partial charge in [-0.1, -0.05) is 26.7 Å². The molecule has 1 heteroatoms. The van der Waals surface area contributed by atoms with Gasteiger partial charge in [-0.2, -0.15) is 35.4 Å². The molecule has 2 aromatic carbocycles. The van der Waals surface area contributed by atoms with Crippen LogP contribution in [-0.2, 0) is 35.2 Å². The Labute approximate surface area is 123 Å². The van der Waals surface area contributed by atoms with E-state index in [1.165, 1.54) is 11.1 Å². The molecule has 2 rings (SSSR count). The van der Waals surface area contributed by atoms with Gasteiger partial charge < -0.3 is 14.9 Å². The van der Waals surface area contributed by atoms with Gasteiger partial charge in [0.05, 0.1) is 0 Å². The van der Waals surface area contributed by atoms with Crippen LogP contribution >= 0.6 is 0 Å². The van der Waals surface area contributed by atoms with Crippen molar-refractivity contribution in [2.45, 2.75) is 26.7 Å². The molecular formula is C16H24Nb-4.